The Morgan fingerprint density at radius 1 is 1.05 bits per heavy atom. The molecule has 0 fully saturated rings. The van der Waals surface area contributed by atoms with E-state index in [2.05, 4.69) is 15.9 Å². The molecule has 19 heavy (non-hydrogen) atoms. The predicted octanol–water partition coefficient (Wildman–Crippen LogP) is 4.51. The van der Waals surface area contributed by atoms with Crippen molar-refractivity contribution in [1.29, 1.82) is 0 Å². The summed E-state index contributed by atoms with van der Waals surface area (Å²) in [7, 11) is 0. The summed E-state index contributed by atoms with van der Waals surface area (Å²) in [5, 5.41) is 4.33. The number of hydrogen-bond acceptors (Lipinski definition) is 1. The molecule has 0 aliphatic rings. The van der Waals surface area contributed by atoms with E-state index in [1.54, 1.807) is 6.07 Å². The molecule has 4 heteroatoms. The van der Waals surface area contributed by atoms with Gasteiger partial charge in [-0.3, -0.25) is 4.79 Å². The van der Waals surface area contributed by atoms with Gasteiger partial charge in [0.25, 0.3) is 0 Å². The number of hydrogen-bond donors (Lipinski definition) is 1. The molecule has 0 unspecified atom stereocenters. The van der Waals surface area contributed by atoms with Crippen molar-refractivity contribution in [3.8, 4) is 0 Å². The van der Waals surface area contributed by atoms with Crippen LogP contribution in [0.2, 0.25) is 5.02 Å². The van der Waals surface area contributed by atoms with Crippen molar-refractivity contribution in [2.45, 2.75) is 0 Å². The lowest BCUT2D eigenvalue weighted by Crippen LogP contribution is -2.11. The van der Waals surface area contributed by atoms with E-state index < -0.39 is 5.91 Å². The molecule has 0 aliphatic carbocycles. The van der Waals surface area contributed by atoms with Crippen LogP contribution >= 0.6 is 27.5 Å². The van der Waals surface area contributed by atoms with E-state index in [9.17, 15) is 4.79 Å². The molecule has 1 amide bonds. The number of primary amides is 1. The molecular weight excluding hydrogens is 326 g/mol. The van der Waals surface area contributed by atoms with Crippen LogP contribution in [0.5, 0.6) is 0 Å². The van der Waals surface area contributed by atoms with E-state index in [0.29, 0.717) is 10.6 Å². The molecular formula is C15H9BrClNO. The quantitative estimate of drug-likeness (QED) is 0.654. The van der Waals surface area contributed by atoms with E-state index in [-0.39, 0.29) is 0 Å². The zero-order valence-electron chi connectivity index (χ0n) is 9.78. The number of fused-ring (bicyclic) bond motifs is 2. The molecule has 0 radical (unpaired) electrons. The third-order valence-corrected chi connectivity index (χ3v) is 4.54. The molecule has 0 atom stereocenters. The van der Waals surface area contributed by atoms with Gasteiger partial charge in [-0.25, -0.2) is 0 Å². The number of carbonyl (C=O) groups is 1. The summed E-state index contributed by atoms with van der Waals surface area (Å²) in [5.74, 6) is -0.477. The normalized spacial score (nSPS) is 11.1. The minimum Gasteiger partial charge on any atom is -0.366 e. The fourth-order valence-corrected chi connectivity index (χ4v) is 2.90. The minimum atomic E-state index is -0.477. The van der Waals surface area contributed by atoms with Gasteiger partial charge in [0.05, 0.1) is 5.02 Å². The first-order valence-electron chi connectivity index (χ1n) is 5.68. The summed E-state index contributed by atoms with van der Waals surface area (Å²) >= 11 is 9.60. The molecule has 0 saturated carbocycles. The lowest BCUT2D eigenvalue weighted by atomic mass is 9.99. The van der Waals surface area contributed by atoms with Gasteiger partial charge in [0.2, 0.25) is 5.91 Å². The van der Waals surface area contributed by atoms with E-state index >= 15 is 0 Å². The molecule has 0 aromatic heterocycles. The van der Waals surface area contributed by atoms with Crippen molar-refractivity contribution in [3.63, 3.8) is 0 Å². The summed E-state index contributed by atoms with van der Waals surface area (Å²) in [6, 6.07) is 13.5. The fourth-order valence-electron chi connectivity index (χ4n) is 2.25. The molecule has 0 spiro atoms. The summed E-state index contributed by atoms with van der Waals surface area (Å²) in [6.07, 6.45) is 0. The highest BCUT2D eigenvalue weighted by molar-refractivity contribution is 9.10. The van der Waals surface area contributed by atoms with Crippen LogP contribution < -0.4 is 5.73 Å². The highest BCUT2D eigenvalue weighted by Gasteiger charge is 2.13. The largest absolute Gasteiger partial charge is 0.366 e. The number of nitrogens with two attached hydrogens (primary N) is 1. The molecule has 3 aromatic rings. The standard InChI is InChI=1S/C15H9BrClNO/c16-14-11-6-9-4-2-1-3-8(9)5-10(11)12(15(18)19)7-13(14)17/h1-7H,(H2,18,19). The maximum atomic E-state index is 11.6. The molecule has 0 saturated heterocycles. The Morgan fingerprint density at radius 3 is 2.21 bits per heavy atom. The number of halogens is 2. The topological polar surface area (TPSA) is 43.1 Å². The average molecular weight is 335 g/mol. The summed E-state index contributed by atoms with van der Waals surface area (Å²) in [5.41, 5.74) is 5.87. The molecule has 3 aromatic carbocycles. The van der Waals surface area contributed by atoms with E-state index in [4.69, 9.17) is 17.3 Å². The van der Waals surface area contributed by atoms with Gasteiger partial charge in [-0.1, -0.05) is 35.9 Å². The second-order valence-corrected chi connectivity index (χ2v) is 5.53. The number of rotatable bonds is 1. The SMILES string of the molecule is NC(=O)c1cc(Cl)c(Br)c2cc3ccccc3cc12. The van der Waals surface area contributed by atoms with Crippen molar-refractivity contribution in [2.75, 3.05) is 0 Å². The molecule has 94 valence electrons. The van der Waals surface area contributed by atoms with Gasteiger partial charge in [0.1, 0.15) is 0 Å². The van der Waals surface area contributed by atoms with Gasteiger partial charge in [-0.15, -0.1) is 0 Å². The van der Waals surface area contributed by atoms with Crippen molar-refractivity contribution in [3.05, 3.63) is 57.5 Å². The van der Waals surface area contributed by atoms with E-state index in [1.165, 1.54) is 0 Å². The molecule has 0 bridgehead atoms. The van der Waals surface area contributed by atoms with E-state index in [0.717, 1.165) is 26.0 Å². The number of carbonyl (C=O) groups excluding carboxylic acids is 1. The lowest BCUT2D eigenvalue weighted by Gasteiger charge is -2.09. The van der Waals surface area contributed by atoms with E-state index in [1.807, 2.05) is 36.4 Å². The third-order valence-electron chi connectivity index (χ3n) is 3.16. The Labute approximate surface area is 123 Å². The van der Waals surface area contributed by atoms with Gasteiger partial charge in [0.15, 0.2) is 0 Å². The van der Waals surface area contributed by atoms with Crippen molar-refractivity contribution >= 4 is 55.0 Å². The molecule has 0 heterocycles. The third kappa shape index (κ3) is 1.99. The van der Waals surface area contributed by atoms with Crippen LogP contribution in [0.25, 0.3) is 21.5 Å². The van der Waals surface area contributed by atoms with Crippen LogP contribution in [0.1, 0.15) is 10.4 Å². The predicted molar refractivity (Wildman–Crippen MR) is 82.7 cm³/mol. The summed E-state index contributed by atoms with van der Waals surface area (Å²) in [4.78, 5) is 11.6. The zero-order chi connectivity index (χ0) is 13.6. The van der Waals surface area contributed by atoms with Crippen LogP contribution in [0.3, 0.4) is 0 Å². The Kier molecular flexibility index (Phi) is 2.96. The minimum absolute atomic E-state index is 0.439. The number of benzene rings is 3. The first kappa shape index (κ1) is 12.5. The fraction of sp³-hybridized carbons (Fsp3) is 0. The highest BCUT2D eigenvalue weighted by atomic mass is 79.9. The maximum Gasteiger partial charge on any atom is 0.249 e. The maximum absolute atomic E-state index is 11.6. The van der Waals surface area contributed by atoms with Crippen molar-refractivity contribution in [2.24, 2.45) is 5.73 Å². The molecule has 0 aliphatic heterocycles. The monoisotopic (exact) mass is 333 g/mol. The first-order valence-corrected chi connectivity index (χ1v) is 6.85. The molecule has 2 nitrogen and oxygen atoms in total. The van der Waals surface area contributed by atoms with Gasteiger partial charge in [-0.2, -0.15) is 0 Å². The Balaban J connectivity index is 2.55. The van der Waals surface area contributed by atoms with Gasteiger partial charge >= 0.3 is 0 Å². The second kappa shape index (κ2) is 4.51. The van der Waals surface area contributed by atoms with Crippen molar-refractivity contribution < 1.29 is 4.79 Å². The summed E-state index contributed by atoms with van der Waals surface area (Å²) in [6.45, 7) is 0. The molecule has 3 rings (SSSR count). The number of amides is 1. The Morgan fingerprint density at radius 2 is 1.63 bits per heavy atom. The average Bonchev–Trinajstić information content (AvgIpc) is 2.41. The van der Waals surface area contributed by atoms with Crippen LogP contribution in [-0.4, -0.2) is 5.91 Å². The van der Waals surface area contributed by atoms with Crippen LogP contribution in [-0.2, 0) is 0 Å². The lowest BCUT2D eigenvalue weighted by molar-refractivity contribution is 0.100. The highest BCUT2D eigenvalue weighted by Crippen LogP contribution is 2.36. The van der Waals surface area contributed by atoms with Crippen LogP contribution in [0, 0.1) is 0 Å². The smallest absolute Gasteiger partial charge is 0.249 e. The van der Waals surface area contributed by atoms with Gasteiger partial charge in [0, 0.05) is 10.0 Å². The van der Waals surface area contributed by atoms with Gasteiger partial charge < -0.3 is 5.73 Å². The van der Waals surface area contributed by atoms with Crippen LogP contribution in [0.15, 0.2) is 46.9 Å². The second-order valence-electron chi connectivity index (χ2n) is 4.33. The first-order chi connectivity index (χ1) is 9.08. The van der Waals surface area contributed by atoms with Crippen LogP contribution in [0.4, 0.5) is 0 Å². The zero-order valence-corrected chi connectivity index (χ0v) is 12.1. The van der Waals surface area contributed by atoms with Crippen molar-refractivity contribution in [1.82, 2.24) is 0 Å². The summed E-state index contributed by atoms with van der Waals surface area (Å²) < 4.78 is 0.778. The van der Waals surface area contributed by atoms with Gasteiger partial charge in [-0.05, 0) is 55.7 Å². The molecule has 2 N–H and O–H groups in total. The Bertz CT molecular complexity index is 829. The Hall–Kier alpha value is -1.58.